The van der Waals surface area contributed by atoms with Crippen LogP contribution in [0.25, 0.3) is 0 Å². The second kappa shape index (κ2) is 6.20. The van der Waals surface area contributed by atoms with E-state index in [9.17, 15) is 4.79 Å². The molecule has 1 aromatic heterocycles. The zero-order valence-corrected chi connectivity index (χ0v) is 11.2. The second-order valence-electron chi connectivity index (χ2n) is 4.44. The highest BCUT2D eigenvalue weighted by molar-refractivity contribution is 6.32. The molecule has 0 aromatic carbocycles. The van der Waals surface area contributed by atoms with Crippen LogP contribution < -0.4 is 10.9 Å². The molecule has 2 rings (SSSR count). The highest BCUT2D eigenvalue weighted by Crippen LogP contribution is 2.18. The van der Waals surface area contributed by atoms with Gasteiger partial charge in [-0.25, -0.2) is 4.68 Å². The third kappa shape index (κ3) is 3.03. The SMILES string of the molecule is CCn1ncc(NCCC2CCOC2)c(Cl)c1=O. The topological polar surface area (TPSA) is 56.1 Å². The summed E-state index contributed by atoms with van der Waals surface area (Å²) in [5, 5.41) is 7.43. The van der Waals surface area contributed by atoms with E-state index in [1.165, 1.54) is 4.68 Å². The first-order valence-electron chi connectivity index (χ1n) is 6.29. The molecule has 0 spiro atoms. The number of nitrogens with one attached hydrogen (secondary N) is 1. The molecule has 6 heteroatoms. The van der Waals surface area contributed by atoms with E-state index in [4.69, 9.17) is 16.3 Å². The largest absolute Gasteiger partial charge is 0.382 e. The molecule has 0 bridgehead atoms. The zero-order chi connectivity index (χ0) is 13.0. The maximum Gasteiger partial charge on any atom is 0.287 e. The number of nitrogens with zero attached hydrogens (tertiary/aromatic N) is 2. The quantitative estimate of drug-likeness (QED) is 0.887. The van der Waals surface area contributed by atoms with Crippen molar-refractivity contribution in [3.05, 3.63) is 21.6 Å². The van der Waals surface area contributed by atoms with Crippen molar-refractivity contribution in [2.24, 2.45) is 5.92 Å². The Morgan fingerprint density at radius 2 is 2.50 bits per heavy atom. The van der Waals surface area contributed by atoms with Crippen molar-refractivity contribution >= 4 is 17.3 Å². The van der Waals surface area contributed by atoms with E-state index >= 15 is 0 Å². The lowest BCUT2D eigenvalue weighted by Gasteiger charge is -2.11. The minimum Gasteiger partial charge on any atom is -0.382 e. The predicted molar refractivity (Wildman–Crippen MR) is 71.2 cm³/mol. The Hall–Kier alpha value is -1.07. The van der Waals surface area contributed by atoms with Gasteiger partial charge in [0.25, 0.3) is 5.56 Å². The van der Waals surface area contributed by atoms with Crippen LogP contribution in [0.5, 0.6) is 0 Å². The fourth-order valence-electron chi connectivity index (χ4n) is 2.04. The fourth-order valence-corrected chi connectivity index (χ4v) is 2.25. The van der Waals surface area contributed by atoms with Gasteiger partial charge in [0.2, 0.25) is 0 Å². The van der Waals surface area contributed by atoms with Gasteiger partial charge in [-0.3, -0.25) is 4.79 Å². The van der Waals surface area contributed by atoms with Crippen LogP contribution >= 0.6 is 11.6 Å². The monoisotopic (exact) mass is 271 g/mol. The van der Waals surface area contributed by atoms with Crippen molar-refractivity contribution in [3.8, 4) is 0 Å². The molecule has 100 valence electrons. The number of aryl methyl sites for hydroxylation is 1. The highest BCUT2D eigenvalue weighted by Gasteiger charge is 2.15. The Kier molecular flexibility index (Phi) is 4.60. The maximum absolute atomic E-state index is 11.7. The number of halogens is 1. The number of ether oxygens (including phenoxy) is 1. The van der Waals surface area contributed by atoms with E-state index in [-0.39, 0.29) is 10.6 Å². The van der Waals surface area contributed by atoms with E-state index in [1.54, 1.807) is 6.20 Å². The number of aromatic nitrogens is 2. The lowest BCUT2D eigenvalue weighted by molar-refractivity contribution is 0.185. The minimum atomic E-state index is -0.242. The van der Waals surface area contributed by atoms with Crippen LogP contribution in [-0.4, -0.2) is 29.5 Å². The lowest BCUT2D eigenvalue weighted by Crippen LogP contribution is -2.23. The Morgan fingerprint density at radius 3 is 3.17 bits per heavy atom. The molecule has 0 radical (unpaired) electrons. The summed E-state index contributed by atoms with van der Waals surface area (Å²) in [5.74, 6) is 0.611. The Morgan fingerprint density at radius 1 is 1.67 bits per heavy atom. The Bertz CT molecular complexity index is 455. The van der Waals surface area contributed by atoms with Crippen LogP contribution in [0, 0.1) is 5.92 Å². The number of rotatable bonds is 5. The maximum atomic E-state index is 11.7. The standard InChI is InChI=1S/C12H18ClN3O2/c1-2-16-12(17)11(13)10(7-15-16)14-5-3-9-4-6-18-8-9/h7,9,14H,2-6,8H2,1H3. The Labute approximate surface area is 111 Å². The summed E-state index contributed by atoms with van der Waals surface area (Å²) in [4.78, 5) is 11.7. The predicted octanol–water partition coefficient (Wildman–Crippen LogP) is 1.76. The van der Waals surface area contributed by atoms with E-state index in [0.29, 0.717) is 18.2 Å². The molecule has 1 fully saturated rings. The molecule has 1 N–H and O–H groups in total. The van der Waals surface area contributed by atoms with E-state index in [1.807, 2.05) is 6.92 Å². The molecule has 1 atom stereocenters. The molecular formula is C12H18ClN3O2. The Balaban J connectivity index is 1.93. The van der Waals surface area contributed by atoms with E-state index in [2.05, 4.69) is 10.4 Å². The van der Waals surface area contributed by atoms with Gasteiger partial charge in [-0.05, 0) is 25.7 Å². The number of hydrogen-bond acceptors (Lipinski definition) is 4. The van der Waals surface area contributed by atoms with Gasteiger partial charge in [0.1, 0.15) is 5.02 Å². The summed E-state index contributed by atoms with van der Waals surface area (Å²) in [6.07, 6.45) is 3.75. The molecule has 0 amide bonds. The summed E-state index contributed by atoms with van der Waals surface area (Å²) in [6, 6.07) is 0. The van der Waals surface area contributed by atoms with Crippen molar-refractivity contribution in [1.82, 2.24) is 9.78 Å². The summed E-state index contributed by atoms with van der Waals surface area (Å²) in [6.45, 7) is 4.87. The first kappa shape index (κ1) is 13.4. The third-order valence-electron chi connectivity index (χ3n) is 3.18. The zero-order valence-electron chi connectivity index (χ0n) is 10.5. The van der Waals surface area contributed by atoms with Gasteiger partial charge >= 0.3 is 0 Å². The molecule has 0 aliphatic carbocycles. The highest BCUT2D eigenvalue weighted by atomic mass is 35.5. The van der Waals surface area contributed by atoms with Crippen molar-refractivity contribution in [3.63, 3.8) is 0 Å². The van der Waals surface area contributed by atoms with Gasteiger partial charge in [-0.15, -0.1) is 0 Å². The van der Waals surface area contributed by atoms with Gasteiger partial charge in [0.05, 0.1) is 11.9 Å². The summed E-state index contributed by atoms with van der Waals surface area (Å²) in [5.41, 5.74) is 0.374. The van der Waals surface area contributed by atoms with Crippen LogP contribution in [0.15, 0.2) is 11.0 Å². The third-order valence-corrected chi connectivity index (χ3v) is 3.54. The van der Waals surface area contributed by atoms with Gasteiger partial charge in [-0.2, -0.15) is 5.10 Å². The molecule has 2 heterocycles. The molecule has 18 heavy (non-hydrogen) atoms. The molecule has 1 aromatic rings. The molecule has 1 saturated heterocycles. The normalized spacial score (nSPS) is 19.1. The fraction of sp³-hybridized carbons (Fsp3) is 0.667. The number of hydrogen-bond donors (Lipinski definition) is 1. The average Bonchev–Trinajstić information content (AvgIpc) is 2.88. The summed E-state index contributed by atoms with van der Waals surface area (Å²) >= 11 is 6.01. The van der Waals surface area contributed by atoms with Gasteiger partial charge < -0.3 is 10.1 Å². The molecule has 0 saturated carbocycles. The van der Waals surface area contributed by atoms with Crippen LogP contribution in [-0.2, 0) is 11.3 Å². The van der Waals surface area contributed by atoms with Crippen LogP contribution in [0.2, 0.25) is 5.02 Å². The van der Waals surface area contributed by atoms with Crippen molar-refractivity contribution in [2.75, 3.05) is 25.1 Å². The van der Waals surface area contributed by atoms with Gasteiger partial charge in [-0.1, -0.05) is 11.6 Å². The second-order valence-corrected chi connectivity index (χ2v) is 4.82. The minimum absolute atomic E-state index is 0.217. The molecule has 1 unspecified atom stereocenters. The molecular weight excluding hydrogens is 254 g/mol. The molecule has 1 aliphatic heterocycles. The summed E-state index contributed by atoms with van der Waals surface area (Å²) in [7, 11) is 0. The average molecular weight is 272 g/mol. The van der Waals surface area contributed by atoms with Gasteiger partial charge in [0.15, 0.2) is 0 Å². The van der Waals surface area contributed by atoms with Crippen molar-refractivity contribution in [2.45, 2.75) is 26.3 Å². The smallest absolute Gasteiger partial charge is 0.287 e. The molecule has 1 aliphatic rings. The van der Waals surface area contributed by atoms with Crippen molar-refractivity contribution < 1.29 is 4.74 Å². The first-order chi connectivity index (χ1) is 8.72. The van der Waals surface area contributed by atoms with Crippen molar-refractivity contribution in [1.29, 1.82) is 0 Å². The van der Waals surface area contributed by atoms with Gasteiger partial charge in [0, 0.05) is 26.3 Å². The van der Waals surface area contributed by atoms with Crippen LogP contribution in [0.1, 0.15) is 19.8 Å². The lowest BCUT2D eigenvalue weighted by atomic mass is 10.1. The van der Waals surface area contributed by atoms with E-state index in [0.717, 1.165) is 32.6 Å². The summed E-state index contributed by atoms with van der Waals surface area (Å²) < 4.78 is 6.66. The number of anilines is 1. The van der Waals surface area contributed by atoms with E-state index < -0.39 is 0 Å². The molecule has 5 nitrogen and oxygen atoms in total. The first-order valence-corrected chi connectivity index (χ1v) is 6.67. The van der Waals surface area contributed by atoms with Crippen LogP contribution in [0.3, 0.4) is 0 Å². The van der Waals surface area contributed by atoms with Crippen LogP contribution in [0.4, 0.5) is 5.69 Å².